The molecule has 1 aliphatic rings. The molecule has 0 aliphatic carbocycles. The van der Waals surface area contributed by atoms with Crippen molar-refractivity contribution in [2.75, 3.05) is 26.0 Å². The largest absolute Gasteiger partial charge is 0.497 e. The van der Waals surface area contributed by atoms with E-state index in [1.54, 1.807) is 13.4 Å². The van der Waals surface area contributed by atoms with Crippen molar-refractivity contribution in [2.45, 2.75) is 24.5 Å². The molecule has 8 heteroatoms. The van der Waals surface area contributed by atoms with Gasteiger partial charge in [-0.2, -0.15) is 0 Å². The molecule has 0 atom stereocenters. The topological polar surface area (TPSA) is 73.4 Å². The molecule has 1 saturated heterocycles. The van der Waals surface area contributed by atoms with Crippen molar-refractivity contribution in [3.05, 3.63) is 48.4 Å². The van der Waals surface area contributed by atoms with E-state index in [9.17, 15) is 4.79 Å². The third kappa shape index (κ3) is 4.06. The first-order chi connectivity index (χ1) is 13.7. The maximum atomic E-state index is 12.4. The zero-order valence-corrected chi connectivity index (χ0v) is 16.5. The van der Waals surface area contributed by atoms with E-state index in [1.165, 1.54) is 11.8 Å². The number of aromatic nitrogens is 3. The number of furan rings is 1. The lowest BCUT2D eigenvalue weighted by molar-refractivity contribution is -0.127. The Morgan fingerprint density at radius 2 is 1.96 bits per heavy atom. The highest BCUT2D eigenvalue weighted by atomic mass is 32.2. The maximum Gasteiger partial charge on any atom is 0.233 e. The number of carbonyl (C=O) groups excluding carboxylic acids is 1. The van der Waals surface area contributed by atoms with Crippen LogP contribution in [0.2, 0.25) is 0 Å². The summed E-state index contributed by atoms with van der Waals surface area (Å²) in [4.78, 5) is 14.3. The van der Waals surface area contributed by atoms with Gasteiger partial charge in [0.25, 0.3) is 0 Å². The van der Waals surface area contributed by atoms with Crippen molar-refractivity contribution in [1.82, 2.24) is 19.7 Å². The van der Waals surface area contributed by atoms with Crippen molar-refractivity contribution in [2.24, 2.45) is 0 Å². The number of benzene rings is 1. The Morgan fingerprint density at radius 1 is 1.18 bits per heavy atom. The fourth-order valence-electron chi connectivity index (χ4n) is 3.23. The number of amides is 1. The number of rotatable bonds is 7. The molecule has 1 aromatic carbocycles. The van der Waals surface area contributed by atoms with E-state index in [4.69, 9.17) is 9.15 Å². The van der Waals surface area contributed by atoms with Gasteiger partial charge >= 0.3 is 0 Å². The first-order valence-corrected chi connectivity index (χ1v) is 10.2. The van der Waals surface area contributed by atoms with Gasteiger partial charge in [-0.15, -0.1) is 10.2 Å². The van der Waals surface area contributed by atoms with Gasteiger partial charge in [-0.3, -0.25) is 9.36 Å². The van der Waals surface area contributed by atoms with E-state index >= 15 is 0 Å². The van der Waals surface area contributed by atoms with Crippen LogP contribution in [0.3, 0.4) is 0 Å². The fourth-order valence-corrected chi connectivity index (χ4v) is 4.07. The summed E-state index contributed by atoms with van der Waals surface area (Å²) in [6.07, 6.45) is 3.83. The first-order valence-electron chi connectivity index (χ1n) is 9.25. The van der Waals surface area contributed by atoms with E-state index in [1.807, 2.05) is 45.9 Å². The van der Waals surface area contributed by atoms with Crippen LogP contribution < -0.4 is 4.74 Å². The highest BCUT2D eigenvalue weighted by Gasteiger charge is 2.21. The average molecular weight is 398 g/mol. The summed E-state index contributed by atoms with van der Waals surface area (Å²) < 4.78 is 12.7. The normalized spacial score (nSPS) is 13.8. The van der Waals surface area contributed by atoms with Crippen molar-refractivity contribution in [3.8, 4) is 17.1 Å². The molecule has 1 amide bonds. The lowest BCUT2D eigenvalue weighted by atomic mass is 10.2. The number of thioether (sulfide) groups is 1. The van der Waals surface area contributed by atoms with E-state index in [0.29, 0.717) is 17.5 Å². The monoisotopic (exact) mass is 398 g/mol. The maximum absolute atomic E-state index is 12.4. The molecule has 1 aliphatic heterocycles. The quantitative estimate of drug-likeness (QED) is 0.569. The lowest BCUT2D eigenvalue weighted by Gasteiger charge is -2.14. The van der Waals surface area contributed by atoms with Gasteiger partial charge in [-0.1, -0.05) is 11.8 Å². The summed E-state index contributed by atoms with van der Waals surface area (Å²) in [5.41, 5.74) is 0.928. The molecule has 4 rings (SSSR count). The second-order valence-electron chi connectivity index (χ2n) is 6.58. The zero-order chi connectivity index (χ0) is 19.3. The second-order valence-corrected chi connectivity index (χ2v) is 7.52. The van der Waals surface area contributed by atoms with E-state index in [-0.39, 0.29) is 5.91 Å². The molecule has 3 heterocycles. The predicted molar refractivity (Wildman–Crippen MR) is 106 cm³/mol. The van der Waals surface area contributed by atoms with Gasteiger partial charge in [0, 0.05) is 18.7 Å². The summed E-state index contributed by atoms with van der Waals surface area (Å²) in [5.74, 6) is 2.84. The molecule has 0 saturated carbocycles. The van der Waals surface area contributed by atoms with Gasteiger partial charge < -0.3 is 14.1 Å². The van der Waals surface area contributed by atoms with E-state index in [2.05, 4.69) is 10.2 Å². The van der Waals surface area contributed by atoms with Gasteiger partial charge in [-0.25, -0.2) is 0 Å². The van der Waals surface area contributed by atoms with Gasteiger partial charge in [0.2, 0.25) is 5.91 Å². The highest BCUT2D eigenvalue weighted by Crippen LogP contribution is 2.27. The number of hydrogen-bond donors (Lipinski definition) is 0. The van der Waals surface area contributed by atoms with Crippen LogP contribution in [0.1, 0.15) is 18.6 Å². The molecule has 1 fully saturated rings. The molecule has 0 bridgehead atoms. The Labute approximate surface area is 167 Å². The van der Waals surface area contributed by atoms with Crippen molar-refractivity contribution in [3.63, 3.8) is 0 Å². The average Bonchev–Trinajstić information content (AvgIpc) is 3.49. The van der Waals surface area contributed by atoms with Crippen LogP contribution in [0.25, 0.3) is 11.4 Å². The molecule has 3 aromatic rings. The minimum atomic E-state index is 0.154. The molecule has 146 valence electrons. The minimum absolute atomic E-state index is 0.154. The number of ether oxygens (including phenoxy) is 1. The van der Waals surface area contributed by atoms with Crippen molar-refractivity contribution >= 4 is 17.7 Å². The zero-order valence-electron chi connectivity index (χ0n) is 15.7. The van der Waals surface area contributed by atoms with Crippen molar-refractivity contribution in [1.29, 1.82) is 0 Å². The van der Waals surface area contributed by atoms with E-state index < -0.39 is 0 Å². The van der Waals surface area contributed by atoms with E-state index in [0.717, 1.165) is 48.8 Å². The van der Waals surface area contributed by atoms with Crippen LogP contribution in [0, 0.1) is 0 Å². The lowest BCUT2D eigenvalue weighted by Crippen LogP contribution is -2.29. The molecule has 0 N–H and O–H groups in total. The van der Waals surface area contributed by atoms with Crippen LogP contribution in [-0.4, -0.2) is 51.5 Å². The summed E-state index contributed by atoms with van der Waals surface area (Å²) in [7, 11) is 1.64. The Bertz CT molecular complexity index is 916. The Balaban J connectivity index is 1.58. The first kappa shape index (κ1) is 18.6. The van der Waals surface area contributed by atoms with Gasteiger partial charge in [0.05, 0.1) is 25.7 Å². The van der Waals surface area contributed by atoms with Gasteiger partial charge in [-0.05, 0) is 49.2 Å². The fraction of sp³-hybridized carbons (Fsp3) is 0.350. The summed E-state index contributed by atoms with van der Waals surface area (Å²) >= 11 is 1.42. The number of likely N-dealkylation sites (tertiary alicyclic amines) is 1. The predicted octanol–water partition coefficient (Wildman–Crippen LogP) is 3.31. The van der Waals surface area contributed by atoms with Crippen LogP contribution in [0.15, 0.2) is 52.2 Å². The molecular formula is C20H22N4O3S. The van der Waals surface area contributed by atoms with Gasteiger partial charge in [0.1, 0.15) is 11.5 Å². The molecular weight excluding hydrogens is 376 g/mol. The molecule has 28 heavy (non-hydrogen) atoms. The molecule has 0 unspecified atom stereocenters. The third-order valence-corrected chi connectivity index (χ3v) is 5.69. The van der Waals surface area contributed by atoms with Crippen LogP contribution >= 0.6 is 11.8 Å². The SMILES string of the molecule is COc1ccc(-c2nnc(SCC(=O)N3CCCC3)n2Cc2ccco2)cc1. The van der Waals surface area contributed by atoms with Crippen LogP contribution in [-0.2, 0) is 11.3 Å². The Kier molecular flexibility index (Phi) is 5.66. The minimum Gasteiger partial charge on any atom is -0.497 e. The number of methoxy groups -OCH3 is 1. The standard InChI is InChI=1S/C20H22N4O3S/c1-26-16-8-6-15(7-9-16)19-21-22-20(24(19)13-17-5-4-12-27-17)28-14-18(25)23-10-2-3-11-23/h4-9,12H,2-3,10-11,13-14H2,1H3. The summed E-state index contributed by atoms with van der Waals surface area (Å²) in [6, 6.07) is 11.5. The van der Waals surface area contributed by atoms with Crippen LogP contribution in [0.4, 0.5) is 0 Å². The van der Waals surface area contributed by atoms with Crippen molar-refractivity contribution < 1.29 is 13.9 Å². The number of nitrogens with zero attached hydrogens (tertiary/aromatic N) is 4. The summed E-state index contributed by atoms with van der Waals surface area (Å²) in [5, 5.41) is 9.43. The summed E-state index contributed by atoms with van der Waals surface area (Å²) in [6.45, 7) is 2.22. The molecule has 0 radical (unpaired) electrons. The highest BCUT2D eigenvalue weighted by molar-refractivity contribution is 7.99. The Hall–Kier alpha value is -2.74. The molecule has 7 nitrogen and oxygen atoms in total. The molecule has 2 aromatic heterocycles. The number of hydrogen-bond acceptors (Lipinski definition) is 6. The number of carbonyl (C=O) groups is 1. The van der Waals surface area contributed by atoms with Crippen LogP contribution in [0.5, 0.6) is 5.75 Å². The smallest absolute Gasteiger partial charge is 0.233 e. The Morgan fingerprint density at radius 3 is 2.64 bits per heavy atom. The van der Waals surface area contributed by atoms with Gasteiger partial charge in [0.15, 0.2) is 11.0 Å². The third-order valence-electron chi connectivity index (χ3n) is 4.74. The second kappa shape index (κ2) is 8.52. The molecule has 0 spiro atoms.